The Morgan fingerprint density at radius 3 is 2.17 bits per heavy atom. The zero-order chi connectivity index (χ0) is 21.7. The number of hydrogen-bond acceptors (Lipinski definition) is 3. The summed E-state index contributed by atoms with van der Waals surface area (Å²) in [6.07, 6.45) is -5.67. The highest BCUT2D eigenvalue weighted by atomic mass is 19.4. The summed E-state index contributed by atoms with van der Waals surface area (Å²) in [6, 6.07) is 18.7. The van der Waals surface area contributed by atoms with Gasteiger partial charge in [-0.3, -0.25) is 9.59 Å². The van der Waals surface area contributed by atoms with Crippen molar-refractivity contribution < 1.29 is 27.5 Å². The lowest BCUT2D eigenvalue weighted by Gasteiger charge is -2.20. The molecule has 30 heavy (non-hydrogen) atoms. The van der Waals surface area contributed by atoms with Crippen LogP contribution in [0.2, 0.25) is 0 Å². The van der Waals surface area contributed by atoms with Gasteiger partial charge in [0.1, 0.15) is 5.75 Å². The van der Waals surface area contributed by atoms with Crippen molar-refractivity contribution in [2.45, 2.75) is 12.3 Å². The number of carbonyl (C=O) groups is 2. The molecule has 0 aromatic heterocycles. The predicted octanol–water partition coefficient (Wildman–Crippen LogP) is 4.56. The maximum absolute atomic E-state index is 12.9. The van der Waals surface area contributed by atoms with E-state index < -0.39 is 29.7 Å². The molecular formula is C22H17F3N2O3. The molecule has 0 fully saturated rings. The van der Waals surface area contributed by atoms with E-state index in [1.165, 1.54) is 36.4 Å². The number of amides is 2. The molecule has 3 N–H and O–H groups in total. The number of hydrogen-bond donors (Lipinski definition) is 2. The van der Waals surface area contributed by atoms with E-state index in [-0.39, 0.29) is 17.0 Å². The van der Waals surface area contributed by atoms with Crippen molar-refractivity contribution in [1.29, 1.82) is 0 Å². The summed E-state index contributed by atoms with van der Waals surface area (Å²) in [5, 5.41) is 2.46. The van der Waals surface area contributed by atoms with Gasteiger partial charge < -0.3 is 15.8 Å². The molecule has 0 bridgehead atoms. The van der Waals surface area contributed by atoms with E-state index >= 15 is 0 Å². The van der Waals surface area contributed by atoms with Gasteiger partial charge in [-0.1, -0.05) is 36.4 Å². The van der Waals surface area contributed by atoms with Crippen LogP contribution in [0.3, 0.4) is 0 Å². The highest BCUT2D eigenvalue weighted by molar-refractivity contribution is 5.95. The van der Waals surface area contributed by atoms with E-state index in [1.807, 2.05) is 0 Å². The van der Waals surface area contributed by atoms with Crippen molar-refractivity contribution in [3.05, 3.63) is 95.6 Å². The molecule has 0 unspecified atom stereocenters. The number of carbonyl (C=O) groups excluding carboxylic acids is 2. The Bertz CT molecular complexity index is 1040. The molecule has 1 atom stereocenters. The largest absolute Gasteiger partial charge is 0.476 e. The van der Waals surface area contributed by atoms with Crippen LogP contribution >= 0.6 is 0 Å². The number of primary amides is 1. The minimum atomic E-state index is -4.53. The Morgan fingerprint density at radius 1 is 0.900 bits per heavy atom. The Labute approximate surface area is 170 Å². The van der Waals surface area contributed by atoms with Gasteiger partial charge in [0.05, 0.1) is 5.56 Å². The van der Waals surface area contributed by atoms with E-state index in [0.717, 1.165) is 12.1 Å². The zero-order valence-corrected chi connectivity index (χ0v) is 15.5. The van der Waals surface area contributed by atoms with Crippen molar-refractivity contribution in [1.82, 2.24) is 0 Å². The predicted molar refractivity (Wildman–Crippen MR) is 105 cm³/mol. The maximum Gasteiger partial charge on any atom is 0.416 e. The minimum Gasteiger partial charge on any atom is -0.476 e. The van der Waals surface area contributed by atoms with E-state index in [1.54, 1.807) is 30.3 Å². The highest BCUT2D eigenvalue weighted by Gasteiger charge is 2.31. The van der Waals surface area contributed by atoms with Gasteiger partial charge in [-0.15, -0.1) is 0 Å². The molecule has 0 heterocycles. The number of alkyl halides is 3. The topological polar surface area (TPSA) is 81.4 Å². The minimum absolute atomic E-state index is 0.0107. The number of anilines is 1. The lowest BCUT2D eigenvalue weighted by Crippen LogP contribution is -2.26. The quantitative estimate of drug-likeness (QED) is 0.620. The van der Waals surface area contributed by atoms with Gasteiger partial charge >= 0.3 is 6.18 Å². The summed E-state index contributed by atoms with van der Waals surface area (Å²) in [6.45, 7) is 0. The normalized spacial score (nSPS) is 12.1. The fourth-order valence-corrected chi connectivity index (χ4v) is 2.72. The monoisotopic (exact) mass is 414 g/mol. The third-order valence-corrected chi connectivity index (χ3v) is 4.19. The molecule has 0 spiro atoms. The van der Waals surface area contributed by atoms with Crippen LogP contribution in [0.15, 0.2) is 78.9 Å². The second-order valence-corrected chi connectivity index (χ2v) is 6.37. The second kappa shape index (κ2) is 8.69. The average Bonchev–Trinajstić information content (AvgIpc) is 2.72. The van der Waals surface area contributed by atoms with Crippen molar-refractivity contribution in [3.63, 3.8) is 0 Å². The smallest absolute Gasteiger partial charge is 0.416 e. The van der Waals surface area contributed by atoms with Crippen molar-refractivity contribution in [2.24, 2.45) is 5.73 Å². The third-order valence-electron chi connectivity index (χ3n) is 4.19. The fraction of sp³-hybridized carbons (Fsp3) is 0.0909. The molecule has 3 aromatic carbocycles. The summed E-state index contributed by atoms with van der Waals surface area (Å²) in [5.41, 5.74) is 5.09. The first kappa shape index (κ1) is 20.9. The Balaban J connectivity index is 1.85. The Morgan fingerprint density at radius 2 is 1.57 bits per heavy atom. The number of rotatable bonds is 6. The molecule has 0 saturated carbocycles. The van der Waals surface area contributed by atoms with Crippen LogP contribution in [0.5, 0.6) is 5.75 Å². The van der Waals surface area contributed by atoms with Gasteiger partial charge in [0.25, 0.3) is 5.91 Å². The number of ether oxygens (including phenoxy) is 1. The van der Waals surface area contributed by atoms with Gasteiger partial charge in [0.2, 0.25) is 12.0 Å². The Hall–Kier alpha value is -3.81. The first-order chi connectivity index (χ1) is 14.2. The molecule has 0 aliphatic heterocycles. The number of nitrogens with two attached hydrogens (primary N) is 1. The number of benzene rings is 3. The number of nitrogens with one attached hydrogen (secondary N) is 1. The summed E-state index contributed by atoms with van der Waals surface area (Å²) in [7, 11) is 0. The molecule has 0 radical (unpaired) electrons. The van der Waals surface area contributed by atoms with Gasteiger partial charge in [-0.05, 0) is 42.5 Å². The summed E-state index contributed by atoms with van der Waals surface area (Å²) in [4.78, 5) is 24.1. The molecular weight excluding hydrogens is 397 g/mol. The van der Waals surface area contributed by atoms with E-state index in [9.17, 15) is 22.8 Å². The van der Waals surface area contributed by atoms with E-state index in [4.69, 9.17) is 10.5 Å². The lowest BCUT2D eigenvalue weighted by molar-refractivity contribution is -0.137. The zero-order valence-electron chi connectivity index (χ0n) is 15.5. The summed E-state index contributed by atoms with van der Waals surface area (Å²) < 4.78 is 44.6. The van der Waals surface area contributed by atoms with Gasteiger partial charge in [0.15, 0.2) is 0 Å². The molecule has 3 aromatic rings. The van der Waals surface area contributed by atoms with Crippen LogP contribution in [-0.2, 0) is 11.0 Å². The van der Waals surface area contributed by atoms with Crippen LogP contribution < -0.4 is 15.8 Å². The van der Waals surface area contributed by atoms with Crippen LogP contribution in [0, 0.1) is 0 Å². The van der Waals surface area contributed by atoms with Crippen molar-refractivity contribution in [3.8, 4) is 5.75 Å². The maximum atomic E-state index is 12.9. The van der Waals surface area contributed by atoms with E-state index in [0.29, 0.717) is 5.56 Å². The van der Waals surface area contributed by atoms with Crippen molar-refractivity contribution in [2.75, 3.05) is 5.32 Å². The fourth-order valence-electron chi connectivity index (χ4n) is 2.72. The van der Waals surface area contributed by atoms with Crippen molar-refractivity contribution >= 4 is 17.5 Å². The van der Waals surface area contributed by atoms with E-state index in [2.05, 4.69) is 5.32 Å². The first-order valence-corrected chi connectivity index (χ1v) is 8.83. The SMILES string of the molecule is NC(=O)c1ccc(O[C@H](C(=O)Nc2cccc(C(F)(F)F)c2)c2ccccc2)cc1. The molecule has 2 amide bonds. The number of halogens is 3. The van der Waals surface area contributed by atoms with Gasteiger partial charge in [-0.25, -0.2) is 0 Å². The van der Waals surface area contributed by atoms with Crippen LogP contribution in [0.1, 0.15) is 27.6 Å². The summed E-state index contributed by atoms with van der Waals surface area (Å²) in [5.74, 6) is -0.976. The van der Waals surface area contributed by atoms with Crippen LogP contribution in [0.25, 0.3) is 0 Å². The molecule has 0 aliphatic rings. The van der Waals surface area contributed by atoms with Crippen LogP contribution in [-0.4, -0.2) is 11.8 Å². The molecule has 5 nitrogen and oxygen atoms in total. The Kier molecular flexibility index (Phi) is 6.06. The average molecular weight is 414 g/mol. The van der Waals surface area contributed by atoms with Gasteiger partial charge in [-0.2, -0.15) is 13.2 Å². The second-order valence-electron chi connectivity index (χ2n) is 6.37. The van der Waals surface area contributed by atoms with Gasteiger partial charge in [0, 0.05) is 16.8 Å². The third kappa shape index (κ3) is 5.16. The lowest BCUT2D eigenvalue weighted by atomic mass is 10.1. The first-order valence-electron chi connectivity index (χ1n) is 8.83. The molecule has 0 aliphatic carbocycles. The summed E-state index contributed by atoms with van der Waals surface area (Å²) >= 11 is 0. The standard InChI is InChI=1S/C22H17F3N2O3/c23-22(24,25)16-7-4-8-17(13-16)27-21(29)19(14-5-2-1-3-6-14)30-18-11-9-15(10-12-18)20(26)28/h1-13,19H,(H2,26,28)(H,27,29)/t19-/m0/s1. The highest BCUT2D eigenvalue weighted by Crippen LogP contribution is 2.31. The van der Waals surface area contributed by atoms with Crippen LogP contribution in [0.4, 0.5) is 18.9 Å². The molecule has 8 heteroatoms. The molecule has 3 rings (SSSR count). The molecule has 0 saturated heterocycles. The molecule has 154 valence electrons.